The van der Waals surface area contributed by atoms with E-state index in [4.69, 9.17) is 5.11 Å². The van der Waals surface area contributed by atoms with Gasteiger partial charge in [0.1, 0.15) is 0 Å². The molecule has 0 saturated heterocycles. The molecule has 0 radical (unpaired) electrons. The summed E-state index contributed by atoms with van der Waals surface area (Å²) >= 11 is 0. The molecule has 0 saturated carbocycles. The normalized spacial score (nSPS) is 14.6. The lowest BCUT2D eigenvalue weighted by Gasteiger charge is -2.15. The molecule has 1 heterocycles. The van der Waals surface area contributed by atoms with E-state index < -0.39 is 0 Å². The molecule has 3 heteroatoms. The number of H-pyrrole nitrogens is 1. The molecule has 0 atom stereocenters. The van der Waals surface area contributed by atoms with Crippen molar-refractivity contribution < 1.29 is 5.11 Å². The van der Waals surface area contributed by atoms with Crippen LogP contribution in [0.25, 0.3) is 11.3 Å². The van der Waals surface area contributed by atoms with Crippen molar-refractivity contribution in [2.45, 2.75) is 32.3 Å². The van der Waals surface area contributed by atoms with Crippen molar-refractivity contribution >= 4 is 0 Å². The van der Waals surface area contributed by atoms with E-state index in [-0.39, 0.29) is 6.61 Å². The van der Waals surface area contributed by atoms with Gasteiger partial charge in [0.05, 0.1) is 18.0 Å². The molecule has 0 aliphatic heterocycles. The molecule has 1 aliphatic rings. The van der Waals surface area contributed by atoms with Gasteiger partial charge in [-0.15, -0.1) is 0 Å². The predicted molar refractivity (Wildman–Crippen MR) is 66.6 cm³/mol. The maximum atomic E-state index is 9.02. The first-order chi connectivity index (χ1) is 8.36. The number of benzene rings is 1. The van der Waals surface area contributed by atoms with Gasteiger partial charge in [0.15, 0.2) is 0 Å². The summed E-state index contributed by atoms with van der Waals surface area (Å²) in [5.74, 6) is 0. The number of hydrogen-bond acceptors (Lipinski definition) is 2. The Kier molecular flexibility index (Phi) is 2.69. The van der Waals surface area contributed by atoms with E-state index in [0.717, 1.165) is 17.0 Å². The maximum absolute atomic E-state index is 9.02. The Labute approximate surface area is 100 Å². The molecule has 0 bridgehead atoms. The topological polar surface area (TPSA) is 48.9 Å². The fraction of sp³-hybridized carbons (Fsp3) is 0.357. The van der Waals surface area contributed by atoms with E-state index in [9.17, 15) is 0 Å². The van der Waals surface area contributed by atoms with Gasteiger partial charge < -0.3 is 5.11 Å². The van der Waals surface area contributed by atoms with Gasteiger partial charge in [-0.05, 0) is 48.9 Å². The number of aliphatic hydroxyl groups is 1. The minimum atomic E-state index is 0.0118. The van der Waals surface area contributed by atoms with Crippen LogP contribution in [-0.2, 0) is 19.4 Å². The Bertz CT molecular complexity index is 531. The quantitative estimate of drug-likeness (QED) is 0.829. The van der Waals surface area contributed by atoms with Crippen LogP contribution in [0.2, 0.25) is 0 Å². The highest BCUT2D eigenvalue weighted by Gasteiger charge is 2.11. The minimum Gasteiger partial charge on any atom is -0.390 e. The summed E-state index contributed by atoms with van der Waals surface area (Å²) < 4.78 is 0. The van der Waals surface area contributed by atoms with Crippen LogP contribution >= 0.6 is 0 Å². The zero-order valence-corrected chi connectivity index (χ0v) is 9.74. The van der Waals surface area contributed by atoms with Crippen molar-refractivity contribution in [3.8, 4) is 11.3 Å². The van der Waals surface area contributed by atoms with Gasteiger partial charge in [-0.25, -0.2) is 0 Å². The van der Waals surface area contributed by atoms with Gasteiger partial charge in [-0.1, -0.05) is 12.1 Å². The van der Waals surface area contributed by atoms with E-state index in [1.165, 1.54) is 36.8 Å². The second-order valence-corrected chi connectivity index (χ2v) is 4.63. The first-order valence-corrected chi connectivity index (χ1v) is 6.14. The van der Waals surface area contributed by atoms with Crippen molar-refractivity contribution in [3.05, 3.63) is 41.1 Å². The van der Waals surface area contributed by atoms with Gasteiger partial charge >= 0.3 is 0 Å². The molecule has 17 heavy (non-hydrogen) atoms. The SMILES string of the molecule is OCc1cc(-c2ccc3c(c2)CCCC3)n[nH]1. The number of aromatic nitrogens is 2. The number of aryl methyl sites for hydroxylation is 2. The fourth-order valence-corrected chi connectivity index (χ4v) is 2.48. The Morgan fingerprint density at radius 2 is 1.94 bits per heavy atom. The zero-order chi connectivity index (χ0) is 11.7. The van der Waals surface area contributed by atoms with E-state index in [1.54, 1.807) is 0 Å². The Hall–Kier alpha value is -1.61. The van der Waals surface area contributed by atoms with Crippen molar-refractivity contribution in [2.24, 2.45) is 0 Å². The van der Waals surface area contributed by atoms with Gasteiger partial charge in [0, 0.05) is 5.56 Å². The van der Waals surface area contributed by atoms with Crippen LogP contribution in [0.1, 0.15) is 29.7 Å². The lowest BCUT2D eigenvalue weighted by Crippen LogP contribution is -2.02. The molecule has 3 rings (SSSR count). The molecule has 3 nitrogen and oxygen atoms in total. The minimum absolute atomic E-state index is 0.0118. The van der Waals surface area contributed by atoms with Gasteiger partial charge in [-0.2, -0.15) is 5.10 Å². The lowest BCUT2D eigenvalue weighted by atomic mass is 9.90. The zero-order valence-electron chi connectivity index (χ0n) is 9.74. The number of aliphatic hydroxyl groups excluding tert-OH is 1. The molecule has 0 unspecified atom stereocenters. The van der Waals surface area contributed by atoms with Crippen molar-refractivity contribution in [1.29, 1.82) is 0 Å². The number of nitrogens with one attached hydrogen (secondary N) is 1. The van der Waals surface area contributed by atoms with E-state index >= 15 is 0 Å². The smallest absolute Gasteiger partial charge is 0.0924 e. The molecule has 88 valence electrons. The maximum Gasteiger partial charge on any atom is 0.0924 e. The predicted octanol–water partition coefficient (Wildman–Crippen LogP) is 2.45. The molecule has 2 N–H and O–H groups in total. The van der Waals surface area contributed by atoms with E-state index in [1.807, 2.05) is 6.07 Å². The summed E-state index contributed by atoms with van der Waals surface area (Å²) in [5, 5.41) is 16.1. The number of hydrogen-bond donors (Lipinski definition) is 2. The Morgan fingerprint density at radius 3 is 2.71 bits per heavy atom. The summed E-state index contributed by atoms with van der Waals surface area (Å²) in [6.07, 6.45) is 4.99. The molecule has 1 aliphatic carbocycles. The van der Waals surface area contributed by atoms with Crippen molar-refractivity contribution in [2.75, 3.05) is 0 Å². The average molecular weight is 228 g/mol. The molecule has 1 aromatic carbocycles. The van der Waals surface area contributed by atoms with Crippen LogP contribution in [-0.4, -0.2) is 15.3 Å². The number of nitrogens with zero attached hydrogens (tertiary/aromatic N) is 1. The van der Waals surface area contributed by atoms with Crippen LogP contribution in [0.3, 0.4) is 0 Å². The summed E-state index contributed by atoms with van der Waals surface area (Å²) in [6, 6.07) is 8.50. The van der Waals surface area contributed by atoms with E-state index in [2.05, 4.69) is 28.4 Å². The third-order valence-corrected chi connectivity index (χ3v) is 3.45. The largest absolute Gasteiger partial charge is 0.390 e. The molecule has 2 aromatic rings. The molecular formula is C14H16N2O. The first kappa shape index (κ1) is 10.5. The van der Waals surface area contributed by atoms with Crippen LogP contribution in [0, 0.1) is 0 Å². The monoisotopic (exact) mass is 228 g/mol. The average Bonchev–Trinajstić information content (AvgIpc) is 2.87. The second-order valence-electron chi connectivity index (χ2n) is 4.63. The van der Waals surface area contributed by atoms with Crippen molar-refractivity contribution in [3.63, 3.8) is 0 Å². The van der Waals surface area contributed by atoms with Gasteiger partial charge in [0.2, 0.25) is 0 Å². The Balaban J connectivity index is 1.97. The molecule has 0 spiro atoms. The van der Waals surface area contributed by atoms with Crippen LogP contribution in [0.4, 0.5) is 0 Å². The summed E-state index contributed by atoms with van der Waals surface area (Å²) in [6.45, 7) is 0.0118. The van der Waals surface area contributed by atoms with Gasteiger partial charge in [-0.3, -0.25) is 5.10 Å². The third kappa shape index (κ3) is 1.98. The van der Waals surface area contributed by atoms with E-state index in [0.29, 0.717) is 0 Å². The number of rotatable bonds is 2. The molecule has 0 amide bonds. The van der Waals surface area contributed by atoms with Crippen LogP contribution < -0.4 is 0 Å². The van der Waals surface area contributed by atoms with Gasteiger partial charge in [0.25, 0.3) is 0 Å². The second kappa shape index (κ2) is 4.34. The summed E-state index contributed by atoms with van der Waals surface area (Å²) in [7, 11) is 0. The molecule has 0 fully saturated rings. The Morgan fingerprint density at radius 1 is 1.12 bits per heavy atom. The van der Waals surface area contributed by atoms with Crippen molar-refractivity contribution in [1.82, 2.24) is 10.2 Å². The first-order valence-electron chi connectivity index (χ1n) is 6.14. The molecular weight excluding hydrogens is 212 g/mol. The third-order valence-electron chi connectivity index (χ3n) is 3.45. The highest BCUT2D eigenvalue weighted by Crippen LogP contribution is 2.26. The highest BCUT2D eigenvalue weighted by atomic mass is 16.3. The summed E-state index contributed by atoms with van der Waals surface area (Å²) in [5.41, 5.74) is 5.77. The fourth-order valence-electron chi connectivity index (χ4n) is 2.48. The van der Waals surface area contributed by atoms with Crippen LogP contribution in [0.5, 0.6) is 0 Å². The lowest BCUT2D eigenvalue weighted by molar-refractivity contribution is 0.276. The number of aromatic amines is 1. The number of fused-ring (bicyclic) bond motifs is 1. The molecule has 1 aromatic heterocycles. The standard InChI is InChI=1S/C14H16N2O/c17-9-13-8-14(16-15-13)12-6-5-10-3-1-2-4-11(10)7-12/h5-8,17H,1-4,9H2,(H,15,16). The van der Waals surface area contributed by atoms with Crippen LogP contribution in [0.15, 0.2) is 24.3 Å². The highest BCUT2D eigenvalue weighted by molar-refractivity contribution is 5.61. The summed E-state index contributed by atoms with van der Waals surface area (Å²) in [4.78, 5) is 0.